The van der Waals surface area contributed by atoms with Crippen molar-refractivity contribution in [2.75, 3.05) is 0 Å². The number of hydrogen-bond donors (Lipinski definition) is 1. The number of nitrogens with one attached hydrogen (secondary N) is 1. The molecule has 0 bridgehead atoms. The first-order valence-electron chi connectivity index (χ1n) is 8.48. The summed E-state index contributed by atoms with van der Waals surface area (Å²) in [4.78, 5) is 48.6. The van der Waals surface area contributed by atoms with Crippen LogP contribution in [0, 0.1) is 5.92 Å². The number of nitrogens with zero attached hydrogens (tertiary/aromatic N) is 1. The van der Waals surface area contributed by atoms with Crippen molar-refractivity contribution in [2.45, 2.75) is 52.7 Å². The number of fused-ring (bicyclic) bond motifs is 1. The molecule has 6 nitrogen and oxygen atoms in total. The van der Waals surface area contributed by atoms with Gasteiger partial charge in [0.05, 0.1) is 6.04 Å². The van der Waals surface area contributed by atoms with Gasteiger partial charge in [-0.2, -0.15) is 0 Å². The number of carbonyl (C=O) groups excluding carboxylic acids is 4. The SMILES string of the molecule is CC(=O)C(CCC(=O)C(C)C)N1Cc2cc(CNC=O)ccc2C1=O. The molecule has 2 rings (SSSR count). The number of amides is 2. The van der Waals surface area contributed by atoms with E-state index in [-0.39, 0.29) is 29.8 Å². The van der Waals surface area contributed by atoms with Crippen molar-refractivity contribution in [3.63, 3.8) is 0 Å². The zero-order valence-corrected chi connectivity index (χ0v) is 14.9. The largest absolute Gasteiger partial charge is 0.355 e. The number of hydrogen-bond acceptors (Lipinski definition) is 4. The van der Waals surface area contributed by atoms with Crippen molar-refractivity contribution in [3.05, 3.63) is 34.9 Å². The van der Waals surface area contributed by atoms with Crippen LogP contribution in [0.25, 0.3) is 0 Å². The Kier molecular flexibility index (Phi) is 6.07. The molecule has 0 aliphatic carbocycles. The van der Waals surface area contributed by atoms with E-state index in [0.29, 0.717) is 31.5 Å². The van der Waals surface area contributed by atoms with Crippen LogP contribution in [0.15, 0.2) is 18.2 Å². The Hall–Kier alpha value is -2.50. The molecule has 1 atom stereocenters. The minimum Gasteiger partial charge on any atom is -0.355 e. The first-order chi connectivity index (χ1) is 11.8. The first kappa shape index (κ1) is 18.8. The van der Waals surface area contributed by atoms with Crippen LogP contribution in [0.3, 0.4) is 0 Å². The Morgan fingerprint density at radius 2 is 2.04 bits per heavy atom. The lowest BCUT2D eigenvalue weighted by Gasteiger charge is -2.25. The fourth-order valence-electron chi connectivity index (χ4n) is 3.06. The van der Waals surface area contributed by atoms with Crippen LogP contribution in [-0.4, -0.2) is 34.8 Å². The van der Waals surface area contributed by atoms with E-state index < -0.39 is 6.04 Å². The molecule has 1 unspecified atom stereocenters. The topological polar surface area (TPSA) is 83.6 Å². The first-order valence-corrected chi connectivity index (χ1v) is 8.48. The zero-order chi connectivity index (χ0) is 18.6. The van der Waals surface area contributed by atoms with Crippen LogP contribution in [0.2, 0.25) is 0 Å². The Labute approximate surface area is 147 Å². The van der Waals surface area contributed by atoms with Crippen LogP contribution >= 0.6 is 0 Å². The van der Waals surface area contributed by atoms with Gasteiger partial charge in [0.1, 0.15) is 5.78 Å². The molecule has 6 heteroatoms. The third kappa shape index (κ3) is 4.32. The molecule has 0 aromatic heterocycles. The highest BCUT2D eigenvalue weighted by atomic mass is 16.2. The summed E-state index contributed by atoms with van der Waals surface area (Å²) in [6.45, 7) is 5.86. The molecule has 2 amide bonds. The number of benzene rings is 1. The Balaban J connectivity index is 2.14. The van der Waals surface area contributed by atoms with Crippen LogP contribution < -0.4 is 5.32 Å². The average molecular weight is 344 g/mol. The molecular formula is C19H24N2O4. The van der Waals surface area contributed by atoms with E-state index in [0.717, 1.165) is 11.1 Å². The maximum atomic E-state index is 12.7. The number of carbonyl (C=O) groups is 4. The molecule has 25 heavy (non-hydrogen) atoms. The molecule has 0 fully saturated rings. The van der Waals surface area contributed by atoms with Gasteiger partial charge < -0.3 is 10.2 Å². The lowest BCUT2D eigenvalue weighted by atomic mass is 9.99. The Morgan fingerprint density at radius 3 is 2.64 bits per heavy atom. The summed E-state index contributed by atoms with van der Waals surface area (Å²) < 4.78 is 0. The number of Topliss-reactive ketones (excluding diaryl/α,β-unsaturated/α-hetero) is 2. The third-order valence-electron chi connectivity index (χ3n) is 4.54. The summed E-state index contributed by atoms with van der Waals surface area (Å²) in [7, 11) is 0. The van der Waals surface area contributed by atoms with Gasteiger partial charge in [0.2, 0.25) is 6.41 Å². The maximum Gasteiger partial charge on any atom is 0.255 e. The number of rotatable bonds is 9. The summed E-state index contributed by atoms with van der Waals surface area (Å²) in [5.41, 5.74) is 2.32. The Bertz CT molecular complexity index is 697. The molecule has 1 aromatic rings. The van der Waals surface area contributed by atoms with Crippen LogP contribution in [0.5, 0.6) is 0 Å². The second-order valence-electron chi connectivity index (χ2n) is 6.71. The summed E-state index contributed by atoms with van der Waals surface area (Å²) >= 11 is 0. The Morgan fingerprint density at radius 1 is 1.32 bits per heavy atom. The molecule has 1 N–H and O–H groups in total. The van der Waals surface area contributed by atoms with E-state index in [2.05, 4.69) is 5.32 Å². The highest BCUT2D eigenvalue weighted by Crippen LogP contribution is 2.27. The average Bonchev–Trinajstić information content (AvgIpc) is 2.88. The fourth-order valence-corrected chi connectivity index (χ4v) is 3.06. The van der Waals surface area contributed by atoms with E-state index in [1.54, 1.807) is 17.0 Å². The van der Waals surface area contributed by atoms with E-state index in [1.165, 1.54) is 6.92 Å². The smallest absolute Gasteiger partial charge is 0.255 e. The molecule has 0 saturated carbocycles. The predicted octanol–water partition coefficient (Wildman–Crippen LogP) is 1.85. The summed E-state index contributed by atoms with van der Waals surface area (Å²) in [5, 5.41) is 2.59. The highest BCUT2D eigenvalue weighted by Gasteiger charge is 2.35. The van der Waals surface area contributed by atoms with Crippen LogP contribution in [-0.2, 0) is 27.5 Å². The molecule has 0 spiro atoms. The summed E-state index contributed by atoms with van der Waals surface area (Å²) in [6, 6.07) is 4.82. The second kappa shape index (κ2) is 8.05. The van der Waals surface area contributed by atoms with Gasteiger partial charge in [-0.05, 0) is 30.5 Å². The standard InChI is InChI=1S/C19H24N2O4/c1-12(2)18(24)7-6-17(13(3)23)21-10-15-8-14(9-20-11-22)4-5-16(15)19(21)25/h4-5,8,11-12,17H,6-7,9-10H2,1-3H3,(H,20,22). The van der Waals surface area contributed by atoms with Crippen LogP contribution in [0.4, 0.5) is 0 Å². The van der Waals surface area contributed by atoms with Gasteiger partial charge in [-0.1, -0.05) is 26.0 Å². The monoisotopic (exact) mass is 344 g/mol. The van der Waals surface area contributed by atoms with Crippen molar-refractivity contribution in [1.82, 2.24) is 10.2 Å². The van der Waals surface area contributed by atoms with Gasteiger partial charge in [0.15, 0.2) is 5.78 Å². The molecule has 1 heterocycles. The molecule has 1 aliphatic rings. The van der Waals surface area contributed by atoms with Gasteiger partial charge in [0, 0.05) is 31.0 Å². The fraction of sp³-hybridized carbons (Fsp3) is 0.474. The summed E-state index contributed by atoms with van der Waals surface area (Å²) in [5.74, 6) is -0.271. The van der Waals surface area contributed by atoms with Crippen molar-refractivity contribution < 1.29 is 19.2 Å². The number of ketones is 2. The van der Waals surface area contributed by atoms with E-state index in [9.17, 15) is 19.2 Å². The molecule has 134 valence electrons. The normalized spacial score (nSPS) is 14.4. The van der Waals surface area contributed by atoms with Crippen molar-refractivity contribution in [1.29, 1.82) is 0 Å². The third-order valence-corrected chi connectivity index (χ3v) is 4.54. The van der Waals surface area contributed by atoms with Gasteiger partial charge in [-0.15, -0.1) is 0 Å². The molecule has 0 radical (unpaired) electrons. The second-order valence-corrected chi connectivity index (χ2v) is 6.71. The predicted molar refractivity (Wildman–Crippen MR) is 92.8 cm³/mol. The van der Waals surface area contributed by atoms with Crippen LogP contribution in [0.1, 0.15) is 55.1 Å². The molecule has 1 aliphatic heterocycles. The van der Waals surface area contributed by atoms with E-state index >= 15 is 0 Å². The summed E-state index contributed by atoms with van der Waals surface area (Å²) in [6.07, 6.45) is 1.27. The quantitative estimate of drug-likeness (QED) is 0.693. The minimum absolute atomic E-state index is 0.0769. The van der Waals surface area contributed by atoms with Gasteiger partial charge >= 0.3 is 0 Å². The van der Waals surface area contributed by atoms with E-state index in [1.807, 2.05) is 19.9 Å². The van der Waals surface area contributed by atoms with Gasteiger partial charge in [-0.3, -0.25) is 19.2 Å². The van der Waals surface area contributed by atoms with Crippen molar-refractivity contribution >= 4 is 23.9 Å². The van der Waals surface area contributed by atoms with E-state index in [4.69, 9.17) is 0 Å². The van der Waals surface area contributed by atoms with Crippen molar-refractivity contribution in [2.24, 2.45) is 5.92 Å². The van der Waals surface area contributed by atoms with Gasteiger partial charge in [-0.25, -0.2) is 0 Å². The minimum atomic E-state index is -0.584. The lowest BCUT2D eigenvalue weighted by Crippen LogP contribution is -2.40. The molecular weight excluding hydrogens is 320 g/mol. The van der Waals surface area contributed by atoms with Gasteiger partial charge in [0.25, 0.3) is 5.91 Å². The molecule has 1 aromatic carbocycles. The lowest BCUT2D eigenvalue weighted by molar-refractivity contribution is -0.124. The zero-order valence-electron chi connectivity index (χ0n) is 14.9. The van der Waals surface area contributed by atoms with Crippen molar-refractivity contribution in [3.8, 4) is 0 Å². The maximum absolute atomic E-state index is 12.7. The highest BCUT2D eigenvalue weighted by molar-refractivity contribution is 6.01. The molecule has 0 saturated heterocycles.